The summed E-state index contributed by atoms with van der Waals surface area (Å²) in [6.07, 6.45) is 3.37. The van der Waals surface area contributed by atoms with E-state index in [1.165, 1.54) is 24.2 Å². The zero-order valence-corrected chi connectivity index (χ0v) is 8.27. The maximum Gasteiger partial charge on any atom is 0.189 e. The largest absolute Gasteiger partial charge is 0.307 e. The molecule has 1 aromatic rings. The molecule has 1 unspecified atom stereocenters. The van der Waals surface area contributed by atoms with Crippen LogP contribution in [0.15, 0.2) is 17.5 Å². The van der Waals surface area contributed by atoms with Gasteiger partial charge in [0.15, 0.2) is 5.78 Å². The topological polar surface area (TPSA) is 29.1 Å². The maximum atomic E-state index is 11.8. The minimum absolute atomic E-state index is 0.0763. The predicted molar refractivity (Wildman–Crippen MR) is 54.3 cm³/mol. The summed E-state index contributed by atoms with van der Waals surface area (Å²) in [5, 5.41) is 5.22. The number of hydrogen-bond donors (Lipinski definition) is 1. The molecule has 0 aliphatic carbocycles. The van der Waals surface area contributed by atoms with E-state index in [2.05, 4.69) is 5.32 Å². The first-order valence-corrected chi connectivity index (χ1v) is 5.57. The third-order valence-electron chi connectivity index (χ3n) is 2.39. The number of rotatable bonds is 2. The number of piperidine rings is 1. The van der Waals surface area contributed by atoms with Crippen molar-refractivity contribution in [3.63, 3.8) is 0 Å². The van der Waals surface area contributed by atoms with Crippen molar-refractivity contribution in [1.29, 1.82) is 0 Å². The van der Waals surface area contributed by atoms with Crippen molar-refractivity contribution in [2.45, 2.75) is 25.3 Å². The van der Waals surface area contributed by atoms with Crippen LogP contribution < -0.4 is 5.32 Å². The first-order chi connectivity index (χ1) is 6.38. The van der Waals surface area contributed by atoms with Crippen molar-refractivity contribution < 1.29 is 4.79 Å². The zero-order chi connectivity index (χ0) is 9.10. The van der Waals surface area contributed by atoms with Gasteiger partial charge in [0.2, 0.25) is 0 Å². The highest BCUT2D eigenvalue weighted by Crippen LogP contribution is 2.16. The molecule has 3 heteroatoms. The molecule has 2 nitrogen and oxygen atoms in total. The molecular weight excluding hydrogens is 182 g/mol. The van der Waals surface area contributed by atoms with Gasteiger partial charge in [-0.25, -0.2) is 0 Å². The van der Waals surface area contributed by atoms with Crippen LogP contribution in [-0.2, 0) is 0 Å². The van der Waals surface area contributed by atoms with E-state index in [1.54, 1.807) is 0 Å². The van der Waals surface area contributed by atoms with Gasteiger partial charge in [-0.15, -0.1) is 11.3 Å². The Bertz CT molecular complexity index is 275. The van der Waals surface area contributed by atoms with Crippen LogP contribution in [-0.4, -0.2) is 18.4 Å². The summed E-state index contributed by atoms with van der Waals surface area (Å²) in [7, 11) is 0. The van der Waals surface area contributed by atoms with Crippen molar-refractivity contribution in [2.24, 2.45) is 0 Å². The summed E-state index contributed by atoms with van der Waals surface area (Å²) in [5.41, 5.74) is 0. The molecule has 1 aromatic heterocycles. The summed E-state index contributed by atoms with van der Waals surface area (Å²) in [4.78, 5) is 12.7. The van der Waals surface area contributed by atoms with Crippen LogP contribution in [0.25, 0.3) is 0 Å². The second kappa shape index (κ2) is 4.03. The Morgan fingerprint density at radius 3 is 3.08 bits per heavy atom. The molecule has 2 rings (SSSR count). The van der Waals surface area contributed by atoms with Gasteiger partial charge in [-0.3, -0.25) is 4.79 Å². The molecule has 1 aliphatic rings. The van der Waals surface area contributed by atoms with Crippen LogP contribution in [0, 0.1) is 0 Å². The monoisotopic (exact) mass is 195 g/mol. The van der Waals surface area contributed by atoms with Crippen molar-refractivity contribution in [3.05, 3.63) is 22.4 Å². The Kier molecular flexibility index (Phi) is 2.76. The Balaban J connectivity index is 2.04. The minimum atomic E-state index is 0.0763. The summed E-state index contributed by atoms with van der Waals surface area (Å²) in [5.74, 6) is 0.273. The molecule has 13 heavy (non-hydrogen) atoms. The van der Waals surface area contributed by atoms with Gasteiger partial charge in [0.05, 0.1) is 10.9 Å². The van der Waals surface area contributed by atoms with Gasteiger partial charge in [-0.05, 0) is 30.8 Å². The van der Waals surface area contributed by atoms with E-state index >= 15 is 0 Å². The van der Waals surface area contributed by atoms with E-state index < -0.39 is 0 Å². The van der Waals surface area contributed by atoms with Crippen LogP contribution in [0.2, 0.25) is 0 Å². The van der Waals surface area contributed by atoms with Crippen LogP contribution >= 0.6 is 11.3 Å². The molecule has 0 saturated carbocycles. The van der Waals surface area contributed by atoms with E-state index in [0.717, 1.165) is 17.8 Å². The number of ketones is 1. The van der Waals surface area contributed by atoms with Gasteiger partial charge in [-0.2, -0.15) is 0 Å². The fourth-order valence-electron chi connectivity index (χ4n) is 1.67. The summed E-state index contributed by atoms with van der Waals surface area (Å²) in [6.45, 7) is 0.988. The molecule has 1 saturated heterocycles. The second-order valence-corrected chi connectivity index (χ2v) is 4.29. The normalized spacial score (nSPS) is 22.9. The van der Waals surface area contributed by atoms with Gasteiger partial charge in [0.1, 0.15) is 0 Å². The lowest BCUT2D eigenvalue weighted by Gasteiger charge is -2.21. The van der Waals surface area contributed by atoms with Crippen molar-refractivity contribution in [2.75, 3.05) is 6.54 Å². The molecule has 1 fully saturated rings. The molecule has 0 bridgehead atoms. The Morgan fingerprint density at radius 1 is 1.54 bits per heavy atom. The van der Waals surface area contributed by atoms with Gasteiger partial charge >= 0.3 is 0 Å². The number of thiophene rings is 1. The Labute approximate surface area is 82.0 Å². The number of carbonyl (C=O) groups excluding carboxylic acids is 1. The number of hydrogen-bond acceptors (Lipinski definition) is 3. The first-order valence-electron chi connectivity index (χ1n) is 4.69. The van der Waals surface area contributed by atoms with Gasteiger partial charge in [0, 0.05) is 0 Å². The fourth-order valence-corrected chi connectivity index (χ4v) is 2.39. The molecule has 0 amide bonds. The van der Waals surface area contributed by atoms with Crippen LogP contribution in [0.5, 0.6) is 0 Å². The van der Waals surface area contributed by atoms with Crippen LogP contribution in [0.3, 0.4) is 0 Å². The maximum absolute atomic E-state index is 11.8. The highest BCUT2D eigenvalue weighted by molar-refractivity contribution is 7.12. The molecular formula is C10H13NOS. The van der Waals surface area contributed by atoms with Crippen molar-refractivity contribution in [1.82, 2.24) is 5.32 Å². The Morgan fingerprint density at radius 2 is 2.46 bits per heavy atom. The first kappa shape index (κ1) is 8.91. The predicted octanol–water partition coefficient (Wildman–Crippen LogP) is 2.07. The average molecular weight is 195 g/mol. The fraction of sp³-hybridized carbons (Fsp3) is 0.500. The minimum Gasteiger partial charge on any atom is -0.307 e. The molecule has 2 heterocycles. The number of nitrogens with one attached hydrogen (secondary N) is 1. The van der Waals surface area contributed by atoms with E-state index in [9.17, 15) is 4.79 Å². The van der Waals surface area contributed by atoms with Crippen molar-refractivity contribution >= 4 is 17.1 Å². The van der Waals surface area contributed by atoms with Crippen LogP contribution in [0.4, 0.5) is 0 Å². The van der Waals surface area contributed by atoms with Crippen LogP contribution in [0.1, 0.15) is 28.9 Å². The van der Waals surface area contributed by atoms with Gasteiger partial charge in [0.25, 0.3) is 0 Å². The molecule has 0 radical (unpaired) electrons. The zero-order valence-electron chi connectivity index (χ0n) is 7.45. The molecule has 1 N–H and O–H groups in total. The smallest absolute Gasteiger partial charge is 0.189 e. The molecule has 70 valence electrons. The highest BCUT2D eigenvalue weighted by Gasteiger charge is 2.21. The molecule has 0 aromatic carbocycles. The molecule has 0 spiro atoms. The SMILES string of the molecule is O=C(c1cccs1)C1CCCCN1. The van der Waals surface area contributed by atoms with Gasteiger partial charge < -0.3 is 5.32 Å². The molecule has 1 aliphatic heterocycles. The average Bonchev–Trinajstić information content (AvgIpc) is 2.71. The lowest BCUT2D eigenvalue weighted by molar-refractivity contribution is 0.0931. The van der Waals surface area contributed by atoms with Gasteiger partial charge in [-0.1, -0.05) is 12.5 Å². The quantitative estimate of drug-likeness (QED) is 0.732. The number of carbonyl (C=O) groups is 1. The van der Waals surface area contributed by atoms with E-state index in [0.29, 0.717) is 0 Å². The van der Waals surface area contributed by atoms with E-state index in [4.69, 9.17) is 0 Å². The summed E-state index contributed by atoms with van der Waals surface area (Å²) < 4.78 is 0. The third-order valence-corrected chi connectivity index (χ3v) is 3.28. The van der Waals surface area contributed by atoms with E-state index in [-0.39, 0.29) is 11.8 Å². The second-order valence-electron chi connectivity index (χ2n) is 3.34. The Hall–Kier alpha value is -0.670. The van der Waals surface area contributed by atoms with Crippen molar-refractivity contribution in [3.8, 4) is 0 Å². The van der Waals surface area contributed by atoms with E-state index in [1.807, 2.05) is 17.5 Å². The highest BCUT2D eigenvalue weighted by atomic mass is 32.1. The third kappa shape index (κ3) is 1.98. The lowest BCUT2D eigenvalue weighted by Crippen LogP contribution is -2.40. The number of Topliss-reactive ketones (excluding diaryl/α,β-unsaturated/α-hetero) is 1. The lowest BCUT2D eigenvalue weighted by atomic mass is 10.0. The standard InChI is InChI=1S/C10H13NOS/c12-10(9-5-3-7-13-9)8-4-1-2-6-11-8/h3,5,7-8,11H,1-2,4,6H2. The summed E-state index contributed by atoms with van der Waals surface area (Å²) in [6, 6.07) is 3.91. The summed E-state index contributed by atoms with van der Waals surface area (Å²) >= 11 is 1.54. The molecule has 1 atom stereocenters.